The van der Waals surface area contributed by atoms with Gasteiger partial charge in [-0.05, 0) is 60.2 Å². The number of nitrogens with zero attached hydrogens (tertiary/aromatic N) is 1. The van der Waals surface area contributed by atoms with Crippen molar-refractivity contribution < 1.29 is 9.21 Å². The van der Waals surface area contributed by atoms with Crippen LogP contribution in [0.1, 0.15) is 10.4 Å². The molecule has 0 radical (unpaired) electrons. The number of amides is 1. The zero-order chi connectivity index (χ0) is 24.6. The second-order valence-corrected chi connectivity index (χ2v) is 9.64. The molecule has 2 aromatic heterocycles. The Morgan fingerprint density at radius 1 is 0.861 bits per heavy atom. The average Bonchev–Trinajstić information content (AvgIpc) is 3.32. The van der Waals surface area contributed by atoms with E-state index in [2.05, 4.69) is 10.3 Å². The normalized spacial score (nSPS) is 11.1. The third-order valence-corrected chi connectivity index (χ3v) is 7.23. The monoisotopic (exact) mass is 508 g/mol. The van der Waals surface area contributed by atoms with Crippen LogP contribution in [-0.4, -0.2) is 10.9 Å². The van der Waals surface area contributed by atoms with Crippen LogP contribution in [-0.2, 0) is 0 Å². The fourth-order valence-electron chi connectivity index (χ4n) is 4.02. The number of halogens is 1. The summed E-state index contributed by atoms with van der Waals surface area (Å²) in [7, 11) is 0. The number of hydrogen-bond donors (Lipinski definition) is 1. The molecule has 6 rings (SSSR count). The van der Waals surface area contributed by atoms with Gasteiger partial charge in [0.2, 0.25) is 0 Å². The minimum atomic E-state index is -0.422. The lowest BCUT2D eigenvalue weighted by Gasteiger charge is -2.08. The van der Waals surface area contributed by atoms with Crippen molar-refractivity contribution >= 4 is 55.7 Å². The van der Waals surface area contributed by atoms with Gasteiger partial charge in [-0.3, -0.25) is 4.79 Å². The number of fused-ring (bicyclic) bond motifs is 2. The summed E-state index contributed by atoms with van der Waals surface area (Å²) in [6.07, 6.45) is 0. The summed E-state index contributed by atoms with van der Waals surface area (Å²) < 4.78 is 6.51. The van der Waals surface area contributed by atoms with Gasteiger partial charge < -0.3 is 9.73 Å². The highest BCUT2D eigenvalue weighted by Gasteiger charge is 2.13. The fraction of sp³-hybridized carbons (Fsp3) is 0. The van der Waals surface area contributed by atoms with Gasteiger partial charge in [0.25, 0.3) is 5.91 Å². The Kier molecular flexibility index (Phi) is 5.60. The first kappa shape index (κ1) is 22.2. The van der Waals surface area contributed by atoms with E-state index in [4.69, 9.17) is 16.0 Å². The molecule has 0 aliphatic heterocycles. The van der Waals surface area contributed by atoms with Crippen LogP contribution in [0.25, 0.3) is 42.9 Å². The van der Waals surface area contributed by atoms with Crippen molar-refractivity contribution in [2.45, 2.75) is 0 Å². The van der Waals surface area contributed by atoms with E-state index in [1.807, 2.05) is 48.5 Å². The molecule has 174 valence electrons. The molecule has 0 atom stereocenters. The highest BCUT2D eigenvalue weighted by molar-refractivity contribution is 7.21. The maximum absolute atomic E-state index is 12.8. The Morgan fingerprint density at radius 3 is 2.44 bits per heavy atom. The summed E-state index contributed by atoms with van der Waals surface area (Å²) in [5.74, 6) is -0.282. The number of benzene rings is 4. The Morgan fingerprint density at radius 2 is 1.64 bits per heavy atom. The average molecular weight is 509 g/mol. The largest absolute Gasteiger partial charge is 0.422 e. The van der Waals surface area contributed by atoms with E-state index in [1.165, 1.54) is 0 Å². The molecule has 2 heterocycles. The van der Waals surface area contributed by atoms with Gasteiger partial charge in [-0.1, -0.05) is 54.1 Å². The summed E-state index contributed by atoms with van der Waals surface area (Å²) in [6, 6.07) is 29.3. The van der Waals surface area contributed by atoms with Crippen molar-refractivity contribution in [2.75, 3.05) is 5.32 Å². The number of carbonyl (C=O) groups is 1. The van der Waals surface area contributed by atoms with E-state index in [1.54, 1.807) is 59.9 Å². The summed E-state index contributed by atoms with van der Waals surface area (Å²) in [5, 5.41) is 5.04. The van der Waals surface area contributed by atoms with Gasteiger partial charge in [0.05, 0.1) is 20.8 Å². The lowest BCUT2D eigenvalue weighted by molar-refractivity contribution is 0.102. The van der Waals surface area contributed by atoms with Crippen LogP contribution in [0.2, 0.25) is 5.02 Å². The molecular weight excluding hydrogens is 492 g/mol. The third kappa shape index (κ3) is 4.17. The van der Waals surface area contributed by atoms with Crippen LogP contribution in [0.5, 0.6) is 0 Å². The highest BCUT2D eigenvalue weighted by Crippen LogP contribution is 2.35. The number of anilines is 1. The van der Waals surface area contributed by atoms with Crippen molar-refractivity contribution in [1.82, 2.24) is 4.98 Å². The Labute approximate surface area is 214 Å². The zero-order valence-electron chi connectivity index (χ0n) is 18.7. The minimum absolute atomic E-state index is 0.282. The number of aromatic nitrogens is 1. The van der Waals surface area contributed by atoms with Gasteiger partial charge in [-0.15, -0.1) is 11.3 Å². The van der Waals surface area contributed by atoms with Crippen LogP contribution in [0.15, 0.2) is 106 Å². The molecule has 5 nitrogen and oxygen atoms in total. The van der Waals surface area contributed by atoms with Crippen molar-refractivity contribution in [3.05, 3.63) is 118 Å². The standard InChI is InChI=1S/C29H17ClN2O3S/c30-23-16-20(13-14-21(23)28-32-24-6-2-4-8-26(24)36-28)31-27(33)18-11-9-17(10-12-18)22-15-19-5-1-3-7-25(19)35-29(22)34/h1-16H,(H,31,33). The summed E-state index contributed by atoms with van der Waals surface area (Å²) in [5.41, 5.74) is 4.01. The molecule has 0 unspecified atom stereocenters. The summed E-state index contributed by atoms with van der Waals surface area (Å²) >= 11 is 8.11. The SMILES string of the molecule is O=C(Nc1ccc(-c2nc3ccccc3s2)c(Cl)c1)c1ccc(-c2cc3ccccc3oc2=O)cc1. The maximum Gasteiger partial charge on any atom is 0.344 e. The lowest BCUT2D eigenvalue weighted by Crippen LogP contribution is -2.12. The lowest BCUT2D eigenvalue weighted by atomic mass is 10.0. The molecule has 0 aliphatic rings. The molecule has 0 spiro atoms. The molecule has 36 heavy (non-hydrogen) atoms. The first-order chi connectivity index (χ1) is 17.5. The zero-order valence-corrected chi connectivity index (χ0v) is 20.3. The van der Waals surface area contributed by atoms with Crippen molar-refractivity contribution in [2.24, 2.45) is 0 Å². The molecule has 0 aliphatic carbocycles. The Bertz CT molecular complexity index is 1790. The Hall–Kier alpha value is -4.26. The molecule has 0 saturated carbocycles. The molecule has 0 bridgehead atoms. The Balaban J connectivity index is 1.22. The van der Waals surface area contributed by atoms with Gasteiger partial charge in [-0.25, -0.2) is 9.78 Å². The van der Waals surface area contributed by atoms with Crippen LogP contribution in [0.4, 0.5) is 5.69 Å². The van der Waals surface area contributed by atoms with Crippen molar-refractivity contribution in [3.63, 3.8) is 0 Å². The first-order valence-electron chi connectivity index (χ1n) is 11.2. The fourth-order valence-corrected chi connectivity index (χ4v) is 5.35. The smallest absolute Gasteiger partial charge is 0.344 e. The van der Waals surface area contributed by atoms with Crippen molar-refractivity contribution in [3.8, 4) is 21.7 Å². The van der Waals surface area contributed by atoms with E-state index in [0.29, 0.717) is 33.0 Å². The van der Waals surface area contributed by atoms with E-state index in [-0.39, 0.29) is 5.91 Å². The number of para-hydroxylation sites is 2. The number of carbonyl (C=O) groups excluding carboxylic acids is 1. The van der Waals surface area contributed by atoms with E-state index in [9.17, 15) is 9.59 Å². The van der Waals surface area contributed by atoms with Crippen molar-refractivity contribution in [1.29, 1.82) is 0 Å². The first-order valence-corrected chi connectivity index (χ1v) is 12.3. The topological polar surface area (TPSA) is 72.2 Å². The quantitative estimate of drug-likeness (QED) is 0.248. The summed E-state index contributed by atoms with van der Waals surface area (Å²) in [6.45, 7) is 0. The predicted octanol–water partition coefficient (Wildman–Crippen LogP) is 7.64. The number of nitrogens with one attached hydrogen (secondary N) is 1. The molecule has 0 saturated heterocycles. The molecule has 1 N–H and O–H groups in total. The van der Waals surface area contributed by atoms with Gasteiger partial charge in [-0.2, -0.15) is 0 Å². The van der Waals surface area contributed by atoms with E-state index < -0.39 is 5.63 Å². The van der Waals surface area contributed by atoms with E-state index >= 15 is 0 Å². The van der Waals surface area contributed by atoms with Gasteiger partial charge >= 0.3 is 5.63 Å². The van der Waals surface area contributed by atoms with Gasteiger partial charge in [0.15, 0.2) is 0 Å². The molecule has 6 aromatic rings. The second-order valence-electron chi connectivity index (χ2n) is 8.20. The maximum atomic E-state index is 12.8. The highest BCUT2D eigenvalue weighted by atomic mass is 35.5. The minimum Gasteiger partial charge on any atom is -0.422 e. The molecule has 4 aromatic carbocycles. The van der Waals surface area contributed by atoms with E-state index in [0.717, 1.165) is 26.2 Å². The predicted molar refractivity (Wildman–Crippen MR) is 146 cm³/mol. The summed E-state index contributed by atoms with van der Waals surface area (Å²) in [4.78, 5) is 29.9. The molecule has 0 fully saturated rings. The van der Waals surface area contributed by atoms with Crippen LogP contribution in [0, 0.1) is 0 Å². The third-order valence-electron chi connectivity index (χ3n) is 5.85. The van der Waals surface area contributed by atoms with Crippen LogP contribution >= 0.6 is 22.9 Å². The number of rotatable bonds is 4. The van der Waals surface area contributed by atoms with Gasteiger partial charge in [0.1, 0.15) is 10.6 Å². The molecule has 1 amide bonds. The number of hydrogen-bond acceptors (Lipinski definition) is 5. The second kappa shape index (κ2) is 9.07. The molecule has 7 heteroatoms. The van der Waals surface area contributed by atoms with Gasteiger partial charge in [0, 0.05) is 22.2 Å². The van der Waals surface area contributed by atoms with Crippen LogP contribution < -0.4 is 10.9 Å². The molecular formula is C29H17ClN2O3S. The van der Waals surface area contributed by atoms with Crippen LogP contribution in [0.3, 0.4) is 0 Å². The number of thiazole rings is 1.